The molecule has 1 fully saturated rings. The van der Waals surface area contributed by atoms with E-state index in [9.17, 15) is 9.59 Å². The normalized spacial score (nSPS) is 16.5. The van der Waals surface area contributed by atoms with Crippen molar-refractivity contribution in [2.24, 2.45) is 0 Å². The highest BCUT2D eigenvalue weighted by Gasteiger charge is 2.52. The van der Waals surface area contributed by atoms with Gasteiger partial charge in [-0.15, -0.1) is 0 Å². The van der Waals surface area contributed by atoms with Crippen LogP contribution in [-0.4, -0.2) is 40.1 Å². The first-order chi connectivity index (χ1) is 16.3. The van der Waals surface area contributed by atoms with Crippen LogP contribution in [0.2, 0.25) is 5.04 Å². The summed E-state index contributed by atoms with van der Waals surface area (Å²) in [5.41, 5.74) is 0.549. The highest BCUT2D eigenvalue weighted by atomic mass is 28.4. The first kappa shape index (κ1) is 23.7. The Morgan fingerprint density at radius 1 is 0.853 bits per heavy atom. The smallest absolute Gasteiger partial charge is 0.422 e. The molecule has 0 aromatic heterocycles. The zero-order valence-corrected chi connectivity index (χ0v) is 20.9. The minimum absolute atomic E-state index is 0.0177. The molecule has 1 unspecified atom stereocenters. The molecule has 0 saturated carbocycles. The van der Waals surface area contributed by atoms with Crippen LogP contribution in [0.5, 0.6) is 5.75 Å². The van der Waals surface area contributed by atoms with Crippen LogP contribution in [-0.2, 0) is 14.0 Å². The van der Waals surface area contributed by atoms with Gasteiger partial charge in [-0.1, -0.05) is 81.4 Å². The minimum Gasteiger partial charge on any atom is -0.497 e. The number of methoxy groups -OCH3 is 1. The van der Waals surface area contributed by atoms with Gasteiger partial charge in [0.25, 0.3) is 8.32 Å². The van der Waals surface area contributed by atoms with E-state index in [0.717, 1.165) is 10.4 Å². The van der Waals surface area contributed by atoms with E-state index in [2.05, 4.69) is 45.0 Å². The topological polar surface area (TPSA) is 65.1 Å². The van der Waals surface area contributed by atoms with E-state index < -0.39 is 26.4 Å². The number of nitrogens with zero attached hydrogens (tertiary/aromatic N) is 1. The highest BCUT2D eigenvalue weighted by molar-refractivity contribution is 6.99. The Morgan fingerprint density at radius 3 is 1.85 bits per heavy atom. The van der Waals surface area contributed by atoms with E-state index >= 15 is 0 Å². The summed E-state index contributed by atoms with van der Waals surface area (Å²) in [6.07, 6.45) is -0.703. The third-order valence-corrected chi connectivity index (χ3v) is 11.2. The summed E-state index contributed by atoms with van der Waals surface area (Å²) >= 11 is 0. The molecule has 1 atom stereocenters. The average Bonchev–Trinajstić information content (AvgIpc) is 3.12. The average molecular weight is 476 g/mol. The van der Waals surface area contributed by atoms with E-state index in [1.165, 1.54) is 4.90 Å². The molecule has 1 aliphatic heterocycles. The van der Waals surface area contributed by atoms with Gasteiger partial charge in [0.1, 0.15) is 5.75 Å². The van der Waals surface area contributed by atoms with Crippen molar-refractivity contribution < 1.29 is 23.5 Å². The fraction of sp³-hybridized carbons (Fsp3) is 0.259. The van der Waals surface area contributed by atoms with Crippen LogP contribution in [0.1, 0.15) is 20.8 Å². The van der Waals surface area contributed by atoms with E-state index in [1.54, 1.807) is 31.4 Å². The predicted octanol–water partition coefficient (Wildman–Crippen LogP) is 4.12. The number of amides is 1. The Bertz CT molecular complexity index is 1100. The molecule has 4 rings (SSSR count). The van der Waals surface area contributed by atoms with Gasteiger partial charge in [0.15, 0.2) is 6.04 Å². The second-order valence-electron chi connectivity index (χ2n) is 9.25. The van der Waals surface area contributed by atoms with E-state index in [1.807, 2.05) is 36.4 Å². The number of carbonyl (C=O) groups is 2. The van der Waals surface area contributed by atoms with Crippen LogP contribution in [0.3, 0.4) is 0 Å². The molecule has 1 heterocycles. The van der Waals surface area contributed by atoms with E-state index in [-0.39, 0.29) is 11.6 Å². The van der Waals surface area contributed by atoms with Crippen LogP contribution in [0.4, 0.5) is 10.5 Å². The Kier molecular flexibility index (Phi) is 6.59. The molecule has 6 nitrogen and oxygen atoms in total. The number of rotatable bonds is 7. The second-order valence-corrected chi connectivity index (χ2v) is 13.6. The second kappa shape index (κ2) is 9.44. The Labute approximate surface area is 201 Å². The van der Waals surface area contributed by atoms with Crippen molar-refractivity contribution in [2.75, 3.05) is 18.6 Å². The maximum Gasteiger partial charge on any atom is 0.422 e. The van der Waals surface area contributed by atoms with Gasteiger partial charge in [-0.05, 0) is 39.7 Å². The van der Waals surface area contributed by atoms with Crippen molar-refractivity contribution in [3.63, 3.8) is 0 Å². The lowest BCUT2D eigenvalue weighted by molar-refractivity contribution is -0.135. The van der Waals surface area contributed by atoms with Crippen LogP contribution < -0.4 is 20.0 Å². The van der Waals surface area contributed by atoms with Crippen molar-refractivity contribution in [1.82, 2.24) is 0 Å². The minimum atomic E-state index is -2.88. The molecule has 0 bridgehead atoms. The van der Waals surface area contributed by atoms with E-state index in [4.69, 9.17) is 13.9 Å². The van der Waals surface area contributed by atoms with Gasteiger partial charge in [-0.2, -0.15) is 0 Å². The summed E-state index contributed by atoms with van der Waals surface area (Å²) in [6.45, 7) is 6.51. The number of hydrogen-bond donors (Lipinski definition) is 0. The third-order valence-electron chi connectivity index (χ3n) is 6.19. The fourth-order valence-corrected chi connectivity index (χ4v) is 9.14. The molecule has 0 N–H and O–H groups in total. The maximum absolute atomic E-state index is 12.8. The van der Waals surface area contributed by atoms with Crippen molar-refractivity contribution in [3.05, 3.63) is 84.9 Å². The quantitative estimate of drug-likeness (QED) is 0.292. The Morgan fingerprint density at radius 2 is 1.38 bits per heavy atom. The van der Waals surface area contributed by atoms with Crippen LogP contribution in [0.15, 0.2) is 84.9 Å². The molecule has 3 aromatic rings. The number of anilines is 1. The molecule has 0 aliphatic carbocycles. The summed E-state index contributed by atoms with van der Waals surface area (Å²) in [5.74, 6) is 0.0431. The van der Waals surface area contributed by atoms with E-state index in [0.29, 0.717) is 11.4 Å². The van der Waals surface area contributed by atoms with Crippen LogP contribution in [0, 0.1) is 0 Å². The summed E-state index contributed by atoms with van der Waals surface area (Å²) in [5, 5.41) is 1.94. The summed E-state index contributed by atoms with van der Waals surface area (Å²) in [7, 11) is -1.31. The molecule has 1 aliphatic rings. The van der Waals surface area contributed by atoms with Crippen LogP contribution >= 0.6 is 0 Å². The summed E-state index contributed by atoms with van der Waals surface area (Å²) in [6, 6.07) is 26.4. The van der Waals surface area contributed by atoms with Crippen molar-refractivity contribution >= 4 is 36.4 Å². The molecular weight excluding hydrogens is 446 g/mol. The zero-order valence-electron chi connectivity index (χ0n) is 19.9. The molecule has 3 aromatic carbocycles. The number of cyclic esters (lactones) is 2. The zero-order chi connectivity index (χ0) is 24.3. The molecule has 1 saturated heterocycles. The first-order valence-electron chi connectivity index (χ1n) is 11.2. The molecule has 0 radical (unpaired) electrons. The van der Waals surface area contributed by atoms with Gasteiger partial charge >= 0.3 is 12.1 Å². The molecule has 0 spiro atoms. The summed E-state index contributed by atoms with van der Waals surface area (Å²) < 4.78 is 17.1. The number of benzene rings is 3. The van der Waals surface area contributed by atoms with Crippen LogP contribution in [0.25, 0.3) is 0 Å². The lowest BCUT2D eigenvalue weighted by Crippen LogP contribution is -2.67. The van der Waals surface area contributed by atoms with Gasteiger partial charge < -0.3 is 13.9 Å². The number of esters is 1. The van der Waals surface area contributed by atoms with Gasteiger partial charge in [0.05, 0.1) is 13.7 Å². The summed E-state index contributed by atoms with van der Waals surface area (Å²) in [4.78, 5) is 26.7. The number of ether oxygens (including phenoxy) is 2. The molecular formula is C27H29NO5Si. The molecule has 7 heteroatoms. The molecule has 176 valence electrons. The molecule has 1 amide bonds. The predicted molar refractivity (Wildman–Crippen MR) is 134 cm³/mol. The monoisotopic (exact) mass is 475 g/mol. The van der Waals surface area contributed by atoms with Crippen molar-refractivity contribution in [3.8, 4) is 5.75 Å². The number of carbonyl (C=O) groups excluding carboxylic acids is 2. The van der Waals surface area contributed by atoms with Gasteiger partial charge in [0.2, 0.25) is 0 Å². The van der Waals surface area contributed by atoms with Gasteiger partial charge in [0, 0.05) is 5.69 Å². The van der Waals surface area contributed by atoms with Gasteiger partial charge in [-0.3, -0.25) is 4.90 Å². The first-order valence-corrected chi connectivity index (χ1v) is 13.1. The van der Waals surface area contributed by atoms with Gasteiger partial charge in [-0.25, -0.2) is 9.59 Å². The standard InChI is InChI=1S/C27H29NO5Si/c1-27(2,3)34(22-11-7-5-8-12-22,23-13-9-6-10-14-23)32-19-24-25(29)33-26(30)28(24)20-15-17-21(31-4)18-16-20/h5-18,24H,19H2,1-4H3. The fourth-order valence-electron chi connectivity index (χ4n) is 4.57. The maximum atomic E-state index is 12.8. The lowest BCUT2D eigenvalue weighted by atomic mass is 10.2. The number of hydrogen-bond acceptors (Lipinski definition) is 5. The van der Waals surface area contributed by atoms with Crippen molar-refractivity contribution in [1.29, 1.82) is 0 Å². The SMILES string of the molecule is COc1ccc(N2C(=O)OC(=O)C2CO[Si](c2ccccc2)(c2ccccc2)C(C)(C)C)cc1. The van der Waals surface area contributed by atoms with Crippen molar-refractivity contribution in [2.45, 2.75) is 31.9 Å². The Hall–Kier alpha value is -3.42. The lowest BCUT2D eigenvalue weighted by Gasteiger charge is -2.43. The highest BCUT2D eigenvalue weighted by Crippen LogP contribution is 2.37. The third kappa shape index (κ3) is 4.24. The Balaban J connectivity index is 1.74. The molecule has 34 heavy (non-hydrogen) atoms. The largest absolute Gasteiger partial charge is 0.497 e.